The number of ether oxygens (including phenoxy) is 1. The van der Waals surface area contributed by atoms with E-state index in [0.717, 1.165) is 6.42 Å². The quantitative estimate of drug-likeness (QED) is 0.824. The molecule has 0 aromatic heterocycles. The number of carbonyl (C=O) groups is 2. The fourth-order valence-corrected chi connectivity index (χ4v) is 2.26. The lowest BCUT2D eigenvalue weighted by Crippen LogP contribution is -2.47. The van der Waals surface area contributed by atoms with Gasteiger partial charge >= 0.3 is 12.1 Å². The van der Waals surface area contributed by atoms with Crippen molar-refractivity contribution in [3.8, 4) is 0 Å². The number of aliphatic carboxylic acids is 1. The van der Waals surface area contributed by atoms with E-state index < -0.39 is 11.6 Å². The fraction of sp³-hybridized carbons (Fsp3) is 0.846. The number of carbonyl (C=O) groups excluding carboxylic acids is 1. The maximum absolute atomic E-state index is 11.9. The standard InChI is InChI=1S/C13H23NO4/c1-5-9-8-14(7-6-10(9)11(15)16)12(17)18-13(2,3)4/h9-10H,5-8H2,1-4H3,(H,15,16)/t9-,10?/m1/s1. The smallest absolute Gasteiger partial charge is 0.410 e. The Hall–Kier alpha value is -1.26. The van der Waals surface area contributed by atoms with E-state index in [4.69, 9.17) is 9.84 Å². The van der Waals surface area contributed by atoms with Crippen molar-refractivity contribution >= 4 is 12.1 Å². The monoisotopic (exact) mass is 257 g/mol. The SMILES string of the molecule is CC[C@@H]1CN(C(=O)OC(C)(C)C)CCC1C(=O)O. The van der Waals surface area contributed by atoms with E-state index in [2.05, 4.69) is 0 Å². The first-order chi connectivity index (χ1) is 8.24. The van der Waals surface area contributed by atoms with Gasteiger partial charge in [-0.05, 0) is 33.1 Å². The maximum Gasteiger partial charge on any atom is 0.410 e. The maximum atomic E-state index is 11.9. The molecule has 5 heteroatoms. The summed E-state index contributed by atoms with van der Waals surface area (Å²) in [5.74, 6) is -1.08. The second-order valence-corrected chi connectivity index (χ2v) is 5.83. The second-order valence-electron chi connectivity index (χ2n) is 5.83. The molecule has 0 aromatic carbocycles. The van der Waals surface area contributed by atoms with Crippen molar-refractivity contribution in [2.75, 3.05) is 13.1 Å². The first-order valence-corrected chi connectivity index (χ1v) is 6.45. The van der Waals surface area contributed by atoms with Gasteiger partial charge in [-0.1, -0.05) is 13.3 Å². The molecular formula is C13H23NO4. The van der Waals surface area contributed by atoms with Gasteiger partial charge in [0.1, 0.15) is 5.60 Å². The predicted molar refractivity (Wildman–Crippen MR) is 67.3 cm³/mol. The molecule has 2 atom stereocenters. The number of carboxylic acids is 1. The van der Waals surface area contributed by atoms with Gasteiger partial charge in [0.15, 0.2) is 0 Å². The molecule has 18 heavy (non-hydrogen) atoms. The van der Waals surface area contributed by atoms with Crippen LogP contribution < -0.4 is 0 Å². The zero-order chi connectivity index (χ0) is 13.9. The number of carboxylic acid groups (broad SMARTS) is 1. The van der Waals surface area contributed by atoms with Gasteiger partial charge in [-0.2, -0.15) is 0 Å². The molecule has 1 rings (SSSR count). The van der Waals surface area contributed by atoms with E-state index in [1.54, 1.807) is 4.90 Å². The summed E-state index contributed by atoms with van der Waals surface area (Å²) in [4.78, 5) is 24.6. The van der Waals surface area contributed by atoms with Crippen LogP contribution in [0.15, 0.2) is 0 Å². The Morgan fingerprint density at radius 2 is 2.00 bits per heavy atom. The van der Waals surface area contributed by atoms with Crippen molar-refractivity contribution in [2.45, 2.75) is 46.1 Å². The normalized spacial score (nSPS) is 24.8. The first-order valence-electron chi connectivity index (χ1n) is 6.45. The van der Waals surface area contributed by atoms with Crippen LogP contribution in [0.4, 0.5) is 4.79 Å². The zero-order valence-corrected chi connectivity index (χ0v) is 11.6. The molecule has 0 aliphatic carbocycles. The minimum atomic E-state index is -0.759. The van der Waals surface area contributed by atoms with Crippen molar-refractivity contribution in [1.82, 2.24) is 4.90 Å². The summed E-state index contributed by atoms with van der Waals surface area (Å²) in [7, 11) is 0. The molecule has 1 aliphatic heterocycles. The molecule has 1 N–H and O–H groups in total. The van der Waals surface area contributed by atoms with Crippen molar-refractivity contribution in [2.24, 2.45) is 11.8 Å². The summed E-state index contributed by atoms with van der Waals surface area (Å²) in [6.07, 6.45) is 0.924. The third-order valence-electron chi connectivity index (χ3n) is 3.23. The van der Waals surface area contributed by atoms with Crippen molar-refractivity contribution in [3.05, 3.63) is 0 Å². The van der Waals surface area contributed by atoms with E-state index in [-0.39, 0.29) is 17.9 Å². The molecule has 1 saturated heterocycles. The Labute approximate surface area is 108 Å². The van der Waals surface area contributed by atoms with Gasteiger partial charge in [0.25, 0.3) is 0 Å². The lowest BCUT2D eigenvalue weighted by molar-refractivity contribution is -0.145. The van der Waals surface area contributed by atoms with E-state index in [1.165, 1.54) is 0 Å². The molecular weight excluding hydrogens is 234 g/mol. The molecule has 1 aliphatic rings. The van der Waals surface area contributed by atoms with Gasteiger partial charge in [0.2, 0.25) is 0 Å². The first kappa shape index (κ1) is 14.8. The second kappa shape index (κ2) is 5.59. The molecule has 1 unspecified atom stereocenters. The summed E-state index contributed by atoms with van der Waals surface area (Å²) in [6, 6.07) is 0. The van der Waals surface area contributed by atoms with Gasteiger partial charge < -0.3 is 14.7 Å². The summed E-state index contributed by atoms with van der Waals surface area (Å²) in [5.41, 5.74) is -0.511. The predicted octanol–water partition coefficient (Wildman–Crippen LogP) is 2.35. The van der Waals surface area contributed by atoms with Crippen LogP contribution in [0.5, 0.6) is 0 Å². The van der Waals surface area contributed by atoms with Gasteiger partial charge in [0, 0.05) is 13.1 Å². The van der Waals surface area contributed by atoms with Gasteiger partial charge in [-0.3, -0.25) is 4.79 Å². The Kier molecular flexibility index (Phi) is 4.59. The van der Waals surface area contributed by atoms with Crippen LogP contribution in [-0.2, 0) is 9.53 Å². The van der Waals surface area contributed by atoms with Gasteiger partial charge in [-0.25, -0.2) is 4.79 Å². The number of hydrogen-bond donors (Lipinski definition) is 1. The molecule has 0 spiro atoms. The zero-order valence-electron chi connectivity index (χ0n) is 11.6. The highest BCUT2D eigenvalue weighted by atomic mass is 16.6. The average molecular weight is 257 g/mol. The lowest BCUT2D eigenvalue weighted by Gasteiger charge is -2.37. The van der Waals surface area contributed by atoms with Crippen LogP contribution in [-0.4, -0.2) is 40.8 Å². The van der Waals surface area contributed by atoms with Crippen LogP contribution >= 0.6 is 0 Å². The largest absolute Gasteiger partial charge is 0.481 e. The summed E-state index contributed by atoms with van der Waals surface area (Å²) in [5, 5.41) is 9.12. The summed E-state index contributed by atoms with van der Waals surface area (Å²) >= 11 is 0. The molecule has 1 amide bonds. The number of rotatable bonds is 2. The van der Waals surface area contributed by atoms with Crippen LogP contribution in [0.3, 0.4) is 0 Å². The highest BCUT2D eigenvalue weighted by molar-refractivity contribution is 5.72. The number of likely N-dealkylation sites (tertiary alicyclic amines) is 1. The third kappa shape index (κ3) is 3.89. The van der Waals surface area contributed by atoms with Gasteiger partial charge in [0.05, 0.1) is 5.92 Å². The topological polar surface area (TPSA) is 66.8 Å². The molecule has 104 valence electrons. The highest BCUT2D eigenvalue weighted by Crippen LogP contribution is 2.27. The van der Waals surface area contributed by atoms with Crippen molar-refractivity contribution in [1.29, 1.82) is 0 Å². The van der Waals surface area contributed by atoms with Crippen LogP contribution in [0.2, 0.25) is 0 Å². The van der Waals surface area contributed by atoms with Gasteiger partial charge in [-0.15, -0.1) is 0 Å². The molecule has 5 nitrogen and oxygen atoms in total. The fourth-order valence-electron chi connectivity index (χ4n) is 2.26. The highest BCUT2D eigenvalue weighted by Gasteiger charge is 2.36. The Balaban J connectivity index is 2.62. The van der Waals surface area contributed by atoms with Crippen molar-refractivity contribution in [3.63, 3.8) is 0 Å². The van der Waals surface area contributed by atoms with Crippen LogP contribution in [0.1, 0.15) is 40.5 Å². The minimum Gasteiger partial charge on any atom is -0.481 e. The molecule has 0 radical (unpaired) electrons. The Morgan fingerprint density at radius 3 is 2.44 bits per heavy atom. The molecule has 1 fully saturated rings. The van der Waals surface area contributed by atoms with E-state index >= 15 is 0 Å². The minimum absolute atomic E-state index is 0.0174. The number of hydrogen-bond acceptors (Lipinski definition) is 3. The lowest BCUT2D eigenvalue weighted by atomic mass is 9.84. The Morgan fingerprint density at radius 1 is 1.39 bits per heavy atom. The Bertz CT molecular complexity index is 321. The van der Waals surface area contributed by atoms with E-state index in [0.29, 0.717) is 19.5 Å². The van der Waals surface area contributed by atoms with E-state index in [1.807, 2.05) is 27.7 Å². The molecule has 0 aromatic rings. The number of amides is 1. The van der Waals surface area contributed by atoms with Crippen molar-refractivity contribution < 1.29 is 19.4 Å². The van der Waals surface area contributed by atoms with Crippen LogP contribution in [0, 0.1) is 11.8 Å². The molecule has 1 heterocycles. The van der Waals surface area contributed by atoms with Crippen LogP contribution in [0.25, 0.3) is 0 Å². The number of nitrogens with zero attached hydrogens (tertiary/aromatic N) is 1. The number of piperidine rings is 1. The molecule has 0 bridgehead atoms. The summed E-state index contributed by atoms with van der Waals surface area (Å²) < 4.78 is 5.31. The van der Waals surface area contributed by atoms with E-state index in [9.17, 15) is 9.59 Å². The summed E-state index contributed by atoms with van der Waals surface area (Å²) in [6.45, 7) is 8.37. The average Bonchev–Trinajstić information content (AvgIpc) is 2.25. The molecule has 0 saturated carbocycles. The third-order valence-corrected chi connectivity index (χ3v) is 3.23.